The second kappa shape index (κ2) is 15.7. The van der Waals surface area contributed by atoms with Crippen LogP contribution >= 0.6 is 23.5 Å². The first-order valence-corrected chi connectivity index (χ1v) is 19.2. The molecule has 0 saturated carbocycles. The molecule has 0 spiro atoms. The molecule has 0 aliphatic carbocycles. The molecule has 2 saturated heterocycles. The van der Waals surface area contributed by atoms with Crippen molar-refractivity contribution in [3.8, 4) is 0 Å². The third kappa shape index (κ3) is 7.34. The van der Waals surface area contributed by atoms with Gasteiger partial charge in [0.1, 0.15) is 0 Å². The summed E-state index contributed by atoms with van der Waals surface area (Å²) in [5, 5.41) is 1.84. The Morgan fingerprint density at radius 3 is 1.50 bits per heavy atom. The summed E-state index contributed by atoms with van der Waals surface area (Å²) in [5.74, 6) is 0.463. The van der Waals surface area contributed by atoms with Crippen LogP contribution in [0.25, 0.3) is 21.8 Å². The van der Waals surface area contributed by atoms with Crippen molar-refractivity contribution in [3.05, 3.63) is 69.2 Å². The van der Waals surface area contributed by atoms with Crippen LogP contribution in [-0.4, -0.2) is 77.4 Å². The Morgan fingerprint density at radius 2 is 1.08 bits per heavy atom. The lowest BCUT2D eigenvalue weighted by Gasteiger charge is -2.35. The molecule has 10 nitrogen and oxygen atoms in total. The summed E-state index contributed by atoms with van der Waals surface area (Å²) in [5.41, 5.74) is 0.699. The first kappa shape index (κ1) is 34.2. The summed E-state index contributed by atoms with van der Waals surface area (Å²) in [7, 11) is 0. The van der Waals surface area contributed by atoms with E-state index in [1.807, 2.05) is 34.1 Å². The fourth-order valence-corrected chi connectivity index (χ4v) is 8.86. The largest absolute Gasteiger partial charge is 0.339 e. The van der Waals surface area contributed by atoms with Crippen molar-refractivity contribution in [2.75, 3.05) is 24.6 Å². The summed E-state index contributed by atoms with van der Waals surface area (Å²) < 4.78 is 3.16. The van der Waals surface area contributed by atoms with Crippen LogP contribution in [0.15, 0.2) is 68.4 Å². The van der Waals surface area contributed by atoms with Crippen molar-refractivity contribution in [2.45, 2.75) is 101 Å². The summed E-state index contributed by atoms with van der Waals surface area (Å²) in [6.07, 6.45) is 8.16. The standard InChI is InChI=1S/C36H44N6O4S2/c1-3-25-13-9-11-19-39(25)31(43)23-47-35-37-29-17-7-5-15-27(29)33(45)41(35)21-22-42-34(46)28-16-6-8-18-30(28)38-36(42)48-24-32(44)40-20-12-10-14-26(40)4-2/h5-8,15-18,25-26H,3-4,9-14,19-24H2,1-2H3/t25-,26-/m1/s1. The number of piperidine rings is 2. The van der Waals surface area contributed by atoms with E-state index in [2.05, 4.69) is 13.8 Å². The third-order valence-corrected chi connectivity index (χ3v) is 11.6. The zero-order valence-corrected chi connectivity index (χ0v) is 29.4. The monoisotopic (exact) mass is 688 g/mol. The SMILES string of the molecule is CC[C@@H]1CCCCN1C(=O)CSc1nc2ccccc2c(=O)n1CCn1c(SCC(=O)N2CCCC[C@H]2CC)nc2ccccc2c1=O. The smallest absolute Gasteiger partial charge is 0.262 e. The summed E-state index contributed by atoms with van der Waals surface area (Å²) >= 11 is 2.54. The quantitative estimate of drug-likeness (QED) is 0.149. The minimum atomic E-state index is -0.221. The summed E-state index contributed by atoms with van der Waals surface area (Å²) in [4.78, 5) is 68.2. The number of fused-ring (bicyclic) bond motifs is 2. The molecule has 0 N–H and O–H groups in total. The van der Waals surface area contributed by atoms with Gasteiger partial charge >= 0.3 is 0 Å². The molecule has 2 aromatic heterocycles. The molecule has 0 bridgehead atoms. The molecule has 254 valence electrons. The molecule has 12 heteroatoms. The zero-order chi connectivity index (χ0) is 33.6. The lowest BCUT2D eigenvalue weighted by Crippen LogP contribution is -2.44. The van der Waals surface area contributed by atoms with Crippen LogP contribution < -0.4 is 11.1 Å². The Morgan fingerprint density at radius 1 is 0.667 bits per heavy atom. The highest BCUT2D eigenvalue weighted by Crippen LogP contribution is 2.25. The fraction of sp³-hybridized carbons (Fsp3) is 0.500. The molecular formula is C36H44N6O4S2. The average molecular weight is 689 g/mol. The van der Waals surface area contributed by atoms with Crippen molar-refractivity contribution in [1.82, 2.24) is 28.9 Å². The second-order valence-corrected chi connectivity index (χ2v) is 14.5. The van der Waals surface area contributed by atoms with Gasteiger partial charge in [-0.25, -0.2) is 9.97 Å². The van der Waals surface area contributed by atoms with Gasteiger partial charge in [0, 0.05) is 38.3 Å². The van der Waals surface area contributed by atoms with Crippen LogP contribution in [0.1, 0.15) is 65.2 Å². The number of para-hydroxylation sites is 2. The normalized spacial score (nSPS) is 18.5. The lowest BCUT2D eigenvalue weighted by molar-refractivity contribution is -0.132. The van der Waals surface area contributed by atoms with Gasteiger partial charge in [0.05, 0.1) is 33.3 Å². The Balaban J connectivity index is 1.29. The van der Waals surface area contributed by atoms with E-state index in [0.717, 1.165) is 64.5 Å². The number of likely N-dealkylation sites (tertiary alicyclic amines) is 2. The van der Waals surface area contributed by atoms with E-state index in [9.17, 15) is 19.2 Å². The van der Waals surface area contributed by atoms with Gasteiger partial charge in [-0.1, -0.05) is 61.6 Å². The van der Waals surface area contributed by atoms with Crippen molar-refractivity contribution >= 4 is 57.1 Å². The van der Waals surface area contributed by atoms with Crippen molar-refractivity contribution in [1.29, 1.82) is 0 Å². The molecule has 4 heterocycles. The molecule has 2 aliphatic heterocycles. The number of thioether (sulfide) groups is 2. The van der Waals surface area contributed by atoms with E-state index >= 15 is 0 Å². The van der Waals surface area contributed by atoms with E-state index in [1.54, 1.807) is 33.4 Å². The number of aromatic nitrogens is 4. The Bertz CT molecular complexity index is 1770. The molecule has 0 radical (unpaired) electrons. The van der Waals surface area contributed by atoms with E-state index in [4.69, 9.17) is 9.97 Å². The third-order valence-electron chi connectivity index (χ3n) is 9.69. The lowest BCUT2D eigenvalue weighted by atomic mass is 10.0. The number of amides is 2. The van der Waals surface area contributed by atoms with Gasteiger partial charge in [-0.2, -0.15) is 0 Å². The van der Waals surface area contributed by atoms with Gasteiger partial charge in [0.2, 0.25) is 11.8 Å². The maximum absolute atomic E-state index is 13.9. The number of nitrogens with zero attached hydrogens (tertiary/aromatic N) is 6. The van der Waals surface area contributed by atoms with Gasteiger partial charge in [-0.3, -0.25) is 28.3 Å². The number of carbonyl (C=O) groups excluding carboxylic acids is 2. The summed E-state index contributed by atoms with van der Waals surface area (Å²) in [6, 6.07) is 14.9. The molecular weight excluding hydrogens is 645 g/mol. The minimum absolute atomic E-state index is 0.0535. The van der Waals surface area contributed by atoms with Gasteiger partial charge in [0.25, 0.3) is 11.1 Å². The Labute approximate surface area is 289 Å². The van der Waals surface area contributed by atoms with Crippen molar-refractivity contribution in [2.24, 2.45) is 0 Å². The highest BCUT2D eigenvalue weighted by molar-refractivity contribution is 8.00. The van der Waals surface area contributed by atoms with Crippen LogP contribution in [0.2, 0.25) is 0 Å². The number of hydrogen-bond donors (Lipinski definition) is 0. The molecule has 0 unspecified atom stereocenters. The van der Waals surface area contributed by atoms with Gasteiger partial charge < -0.3 is 9.80 Å². The molecule has 2 fully saturated rings. The van der Waals surface area contributed by atoms with Crippen LogP contribution in [0.3, 0.4) is 0 Å². The number of hydrogen-bond acceptors (Lipinski definition) is 8. The molecule has 2 aliphatic rings. The molecule has 2 atom stereocenters. The topological polar surface area (TPSA) is 110 Å². The molecule has 4 aromatic rings. The van der Waals surface area contributed by atoms with E-state index < -0.39 is 0 Å². The Hall–Kier alpha value is -3.64. The molecule has 6 rings (SSSR count). The molecule has 2 amide bonds. The van der Waals surface area contributed by atoms with E-state index in [0.29, 0.717) is 32.1 Å². The van der Waals surface area contributed by atoms with Crippen LogP contribution in [0.5, 0.6) is 0 Å². The van der Waals surface area contributed by atoms with Crippen LogP contribution in [0.4, 0.5) is 0 Å². The van der Waals surface area contributed by atoms with E-state index in [-0.39, 0.29) is 59.6 Å². The van der Waals surface area contributed by atoms with Crippen molar-refractivity contribution in [3.63, 3.8) is 0 Å². The average Bonchev–Trinajstić information content (AvgIpc) is 3.13. The number of carbonyl (C=O) groups is 2. The van der Waals surface area contributed by atoms with Gasteiger partial charge in [-0.15, -0.1) is 0 Å². The maximum Gasteiger partial charge on any atom is 0.262 e. The van der Waals surface area contributed by atoms with Crippen LogP contribution in [0, 0.1) is 0 Å². The first-order valence-electron chi connectivity index (χ1n) is 17.2. The second-order valence-electron chi connectivity index (χ2n) is 12.6. The maximum atomic E-state index is 13.9. The van der Waals surface area contributed by atoms with Crippen LogP contribution in [-0.2, 0) is 22.7 Å². The number of rotatable bonds is 11. The highest BCUT2D eigenvalue weighted by atomic mass is 32.2. The zero-order valence-electron chi connectivity index (χ0n) is 27.8. The predicted molar refractivity (Wildman–Crippen MR) is 193 cm³/mol. The van der Waals surface area contributed by atoms with Crippen molar-refractivity contribution < 1.29 is 9.59 Å². The highest BCUT2D eigenvalue weighted by Gasteiger charge is 2.27. The Kier molecular flexibility index (Phi) is 11.2. The van der Waals surface area contributed by atoms with Gasteiger partial charge in [-0.05, 0) is 75.6 Å². The molecule has 48 heavy (non-hydrogen) atoms. The minimum Gasteiger partial charge on any atom is -0.339 e. The predicted octanol–water partition coefficient (Wildman–Crippen LogP) is 5.57. The fourth-order valence-electron chi connectivity index (χ4n) is 7.04. The van der Waals surface area contributed by atoms with E-state index in [1.165, 1.54) is 23.5 Å². The van der Waals surface area contributed by atoms with Gasteiger partial charge in [0.15, 0.2) is 10.3 Å². The first-order chi connectivity index (χ1) is 23.4. The number of benzene rings is 2. The molecule has 2 aromatic carbocycles. The summed E-state index contributed by atoms with van der Waals surface area (Å²) in [6.45, 7) is 6.06.